The number of H-pyrrole nitrogens is 1. The standard InChI is InChI=1S/C9H19N5/c1-2-3-4-5-8(13-11)7-6-12-14-9(7)10/h6,8,13H,2-5,11H2,1H3,(H3,10,12,14). The van der Waals surface area contributed by atoms with Crippen molar-refractivity contribution in [3.63, 3.8) is 0 Å². The van der Waals surface area contributed by atoms with Gasteiger partial charge in [-0.15, -0.1) is 0 Å². The number of nitrogens with zero attached hydrogens (tertiary/aromatic N) is 1. The zero-order chi connectivity index (χ0) is 10.4. The molecule has 0 fully saturated rings. The summed E-state index contributed by atoms with van der Waals surface area (Å²) in [7, 11) is 0. The molecule has 5 nitrogen and oxygen atoms in total. The van der Waals surface area contributed by atoms with Crippen LogP contribution in [0, 0.1) is 0 Å². The molecule has 1 atom stereocenters. The molecule has 0 aliphatic heterocycles. The Morgan fingerprint density at radius 2 is 2.36 bits per heavy atom. The maximum atomic E-state index is 5.71. The van der Waals surface area contributed by atoms with E-state index in [0.29, 0.717) is 5.82 Å². The Morgan fingerprint density at radius 1 is 1.57 bits per heavy atom. The lowest BCUT2D eigenvalue weighted by molar-refractivity contribution is 0.488. The number of aromatic nitrogens is 2. The second kappa shape index (κ2) is 5.62. The third-order valence-corrected chi connectivity index (χ3v) is 2.37. The summed E-state index contributed by atoms with van der Waals surface area (Å²) in [5, 5.41) is 6.58. The van der Waals surface area contributed by atoms with Crippen LogP contribution in [0.15, 0.2) is 6.20 Å². The van der Waals surface area contributed by atoms with Crippen molar-refractivity contribution in [3.05, 3.63) is 11.8 Å². The molecule has 1 unspecified atom stereocenters. The predicted molar refractivity (Wildman–Crippen MR) is 57.2 cm³/mol. The maximum absolute atomic E-state index is 5.71. The number of anilines is 1. The van der Waals surface area contributed by atoms with E-state index in [1.54, 1.807) is 6.20 Å². The van der Waals surface area contributed by atoms with Crippen LogP contribution in [0.3, 0.4) is 0 Å². The Morgan fingerprint density at radius 3 is 2.86 bits per heavy atom. The van der Waals surface area contributed by atoms with Gasteiger partial charge < -0.3 is 5.73 Å². The fraction of sp³-hybridized carbons (Fsp3) is 0.667. The van der Waals surface area contributed by atoms with Gasteiger partial charge in [-0.25, -0.2) is 0 Å². The third-order valence-electron chi connectivity index (χ3n) is 2.37. The van der Waals surface area contributed by atoms with Gasteiger partial charge in [-0.1, -0.05) is 26.2 Å². The second-order valence-electron chi connectivity index (χ2n) is 3.45. The molecule has 0 aliphatic carbocycles. The quantitative estimate of drug-likeness (QED) is 0.312. The lowest BCUT2D eigenvalue weighted by Crippen LogP contribution is -2.28. The number of hydrazine groups is 1. The van der Waals surface area contributed by atoms with Crippen molar-refractivity contribution in [1.29, 1.82) is 0 Å². The highest BCUT2D eigenvalue weighted by atomic mass is 15.2. The van der Waals surface area contributed by atoms with E-state index in [2.05, 4.69) is 22.5 Å². The third kappa shape index (κ3) is 2.71. The molecule has 5 heteroatoms. The molecule has 0 aromatic carbocycles. The Bertz CT molecular complexity index is 257. The number of rotatable bonds is 6. The number of nitrogens with two attached hydrogens (primary N) is 2. The summed E-state index contributed by atoms with van der Waals surface area (Å²) in [4.78, 5) is 0. The summed E-state index contributed by atoms with van der Waals surface area (Å²) in [6.45, 7) is 2.18. The molecule has 0 radical (unpaired) electrons. The Balaban J connectivity index is 2.50. The first kappa shape index (κ1) is 11.0. The lowest BCUT2D eigenvalue weighted by Gasteiger charge is -2.14. The van der Waals surface area contributed by atoms with Crippen LogP contribution in [-0.2, 0) is 0 Å². The van der Waals surface area contributed by atoms with E-state index in [-0.39, 0.29) is 6.04 Å². The first-order valence-electron chi connectivity index (χ1n) is 5.04. The first-order chi connectivity index (χ1) is 6.79. The molecule has 6 N–H and O–H groups in total. The molecule has 0 amide bonds. The maximum Gasteiger partial charge on any atom is 0.123 e. The van der Waals surface area contributed by atoms with Crippen LogP contribution in [0.1, 0.15) is 44.2 Å². The summed E-state index contributed by atoms with van der Waals surface area (Å²) < 4.78 is 0. The van der Waals surface area contributed by atoms with Crippen molar-refractivity contribution in [1.82, 2.24) is 15.6 Å². The minimum absolute atomic E-state index is 0.111. The highest BCUT2D eigenvalue weighted by molar-refractivity contribution is 5.39. The van der Waals surface area contributed by atoms with Crippen molar-refractivity contribution in [2.24, 2.45) is 5.84 Å². The fourth-order valence-corrected chi connectivity index (χ4v) is 1.51. The van der Waals surface area contributed by atoms with E-state index in [4.69, 9.17) is 11.6 Å². The van der Waals surface area contributed by atoms with E-state index in [1.165, 1.54) is 12.8 Å². The molecule has 0 aliphatic rings. The number of unbranched alkanes of at least 4 members (excludes halogenated alkanes) is 2. The van der Waals surface area contributed by atoms with Crippen LogP contribution in [0.2, 0.25) is 0 Å². The van der Waals surface area contributed by atoms with Gasteiger partial charge in [0, 0.05) is 5.56 Å². The second-order valence-corrected chi connectivity index (χ2v) is 3.45. The molecular formula is C9H19N5. The van der Waals surface area contributed by atoms with Gasteiger partial charge in [0.05, 0.1) is 12.2 Å². The molecule has 14 heavy (non-hydrogen) atoms. The largest absolute Gasteiger partial charge is 0.384 e. The minimum atomic E-state index is 0.111. The van der Waals surface area contributed by atoms with Gasteiger partial charge in [-0.3, -0.25) is 16.4 Å². The van der Waals surface area contributed by atoms with E-state index in [0.717, 1.165) is 18.4 Å². The van der Waals surface area contributed by atoms with Crippen LogP contribution in [-0.4, -0.2) is 10.2 Å². The van der Waals surface area contributed by atoms with Crippen molar-refractivity contribution in [2.75, 3.05) is 5.73 Å². The average molecular weight is 197 g/mol. The van der Waals surface area contributed by atoms with Crippen molar-refractivity contribution in [3.8, 4) is 0 Å². The number of nitrogens with one attached hydrogen (secondary N) is 2. The highest BCUT2D eigenvalue weighted by Crippen LogP contribution is 2.22. The Kier molecular flexibility index (Phi) is 4.42. The van der Waals surface area contributed by atoms with Crippen molar-refractivity contribution < 1.29 is 0 Å². The van der Waals surface area contributed by atoms with E-state index in [1.807, 2.05) is 0 Å². The Labute approximate surface area is 84.2 Å². The molecule has 80 valence electrons. The van der Waals surface area contributed by atoms with E-state index in [9.17, 15) is 0 Å². The smallest absolute Gasteiger partial charge is 0.123 e. The van der Waals surface area contributed by atoms with Gasteiger partial charge in [-0.05, 0) is 6.42 Å². The molecule has 1 rings (SSSR count). The zero-order valence-electron chi connectivity index (χ0n) is 8.59. The monoisotopic (exact) mass is 197 g/mol. The van der Waals surface area contributed by atoms with Crippen molar-refractivity contribution >= 4 is 5.82 Å². The number of hydrogen-bond donors (Lipinski definition) is 4. The molecule has 0 spiro atoms. The van der Waals surface area contributed by atoms with Gasteiger partial charge in [0.1, 0.15) is 5.82 Å². The van der Waals surface area contributed by atoms with Crippen LogP contribution in [0.25, 0.3) is 0 Å². The average Bonchev–Trinajstić information content (AvgIpc) is 2.60. The van der Waals surface area contributed by atoms with Gasteiger partial charge >= 0.3 is 0 Å². The van der Waals surface area contributed by atoms with Crippen LogP contribution >= 0.6 is 0 Å². The van der Waals surface area contributed by atoms with Gasteiger partial charge in [0.2, 0.25) is 0 Å². The van der Waals surface area contributed by atoms with Gasteiger partial charge in [0.25, 0.3) is 0 Å². The highest BCUT2D eigenvalue weighted by Gasteiger charge is 2.13. The molecular weight excluding hydrogens is 178 g/mol. The van der Waals surface area contributed by atoms with Crippen LogP contribution < -0.4 is 17.0 Å². The Hall–Kier alpha value is -1.07. The number of nitrogen functional groups attached to an aromatic ring is 1. The summed E-state index contributed by atoms with van der Waals surface area (Å²) in [6.07, 6.45) is 6.30. The predicted octanol–water partition coefficient (Wildman–Crippen LogP) is 1.08. The molecule has 0 saturated heterocycles. The van der Waals surface area contributed by atoms with E-state index < -0.39 is 0 Å². The van der Waals surface area contributed by atoms with E-state index >= 15 is 0 Å². The molecule has 1 aromatic rings. The van der Waals surface area contributed by atoms with Crippen molar-refractivity contribution in [2.45, 2.75) is 38.6 Å². The topological polar surface area (TPSA) is 92.7 Å². The zero-order valence-corrected chi connectivity index (χ0v) is 8.59. The summed E-state index contributed by atoms with van der Waals surface area (Å²) in [5.74, 6) is 6.07. The van der Waals surface area contributed by atoms with Gasteiger partial charge in [0.15, 0.2) is 0 Å². The molecule has 1 aromatic heterocycles. The summed E-state index contributed by atoms with van der Waals surface area (Å²) in [5.41, 5.74) is 9.43. The molecule has 1 heterocycles. The first-order valence-corrected chi connectivity index (χ1v) is 5.04. The number of aromatic amines is 1. The normalized spacial score (nSPS) is 13.0. The van der Waals surface area contributed by atoms with Gasteiger partial charge in [-0.2, -0.15) is 5.10 Å². The van der Waals surface area contributed by atoms with Crippen LogP contribution in [0.5, 0.6) is 0 Å². The minimum Gasteiger partial charge on any atom is -0.384 e. The lowest BCUT2D eigenvalue weighted by atomic mass is 10.0. The van der Waals surface area contributed by atoms with Crippen LogP contribution in [0.4, 0.5) is 5.82 Å². The summed E-state index contributed by atoms with van der Waals surface area (Å²) in [6, 6.07) is 0.111. The SMILES string of the molecule is CCCCCC(NN)c1cn[nH]c1N. The number of hydrogen-bond acceptors (Lipinski definition) is 4. The summed E-state index contributed by atoms with van der Waals surface area (Å²) >= 11 is 0. The molecule has 0 bridgehead atoms. The molecule has 0 saturated carbocycles. The fourth-order valence-electron chi connectivity index (χ4n) is 1.51.